The van der Waals surface area contributed by atoms with Gasteiger partial charge in [-0.15, -0.1) is 0 Å². The minimum atomic E-state index is -6.06. The van der Waals surface area contributed by atoms with Crippen LogP contribution in [-0.2, 0) is 23.2 Å². The van der Waals surface area contributed by atoms with Crippen molar-refractivity contribution < 1.29 is 34.6 Å². The molecule has 0 aliphatic carbocycles. The minimum Gasteiger partial charge on any atom is -0.354 e. The van der Waals surface area contributed by atoms with Crippen molar-refractivity contribution in [3.05, 3.63) is 54.0 Å². The van der Waals surface area contributed by atoms with Crippen LogP contribution in [0.4, 0.5) is 22.0 Å². The van der Waals surface area contributed by atoms with Gasteiger partial charge in [0.25, 0.3) is 0 Å². The Morgan fingerprint density at radius 2 is 2.06 bits per heavy atom. The van der Waals surface area contributed by atoms with E-state index in [9.17, 15) is 30.4 Å². The SMILES string of the molecule is O=S(=O)(Oc1nc(-c2cc3n(n2)CCNC3)c(C=C(F)/C=C/F)c2ccncc12)C(F)(F)F. The van der Waals surface area contributed by atoms with E-state index in [1.165, 1.54) is 12.3 Å². The fraction of sp³-hybridized carbons (Fsp3) is 0.211. The van der Waals surface area contributed by atoms with E-state index in [0.717, 1.165) is 18.0 Å². The molecule has 3 aromatic heterocycles. The van der Waals surface area contributed by atoms with Gasteiger partial charge in [-0.1, -0.05) is 0 Å². The number of hydrogen-bond acceptors (Lipinski definition) is 7. The van der Waals surface area contributed by atoms with Gasteiger partial charge in [-0.2, -0.15) is 26.7 Å². The van der Waals surface area contributed by atoms with Crippen LogP contribution in [0, 0.1) is 0 Å². The van der Waals surface area contributed by atoms with Crippen LogP contribution in [0.5, 0.6) is 5.88 Å². The molecule has 0 fully saturated rings. The van der Waals surface area contributed by atoms with Gasteiger partial charge < -0.3 is 9.50 Å². The van der Waals surface area contributed by atoms with Crippen LogP contribution in [0.25, 0.3) is 28.2 Å². The molecule has 0 radical (unpaired) electrons. The molecule has 1 N–H and O–H groups in total. The maximum atomic E-state index is 14.2. The highest BCUT2D eigenvalue weighted by atomic mass is 32.2. The van der Waals surface area contributed by atoms with Crippen molar-refractivity contribution in [3.63, 3.8) is 0 Å². The Kier molecular flexibility index (Phi) is 5.88. The van der Waals surface area contributed by atoms with E-state index < -0.39 is 27.3 Å². The molecule has 0 saturated carbocycles. The molecule has 0 bridgehead atoms. The van der Waals surface area contributed by atoms with Crippen LogP contribution >= 0.6 is 0 Å². The van der Waals surface area contributed by atoms with E-state index in [1.54, 1.807) is 10.7 Å². The molecule has 1 aliphatic rings. The number of nitrogens with zero attached hydrogens (tertiary/aromatic N) is 4. The zero-order valence-corrected chi connectivity index (χ0v) is 17.3. The van der Waals surface area contributed by atoms with Crippen LogP contribution in [0.1, 0.15) is 11.3 Å². The number of pyridine rings is 2. The van der Waals surface area contributed by atoms with E-state index in [-0.39, 0.29) is 34.1 Å². The molecule has 14 heteroatoms. The molecule has 4 rings (SSSR count). The predicted molar refractivity (Wildman–Crippen MR) is 107 cm³/mol. The van der Waals surface area contributed by atoms with Crippen molar-refractivity contribution in [3.8, 4) is 17.3 Å². The number of alkyl halides is 3. The lowest BCUT2D eigenvalue weighted by atomic mass is 10.0. The summed E-state index contributed by atoms with van der Waals surface area (Å²) in [6.45, 7) is 1.55. The lowest BCUT2D eigenvalue weighted by Crippen LogP contribution is -2.28. The molecule has 3 aromatic rings. The van der Waals surface area contributed by atoms with Crippen LogP contribution < -0.4 is 9.50 Å². The first kappa shape index (κ1) is 22.8. The highest BCUT2D eigenvalue weighted by Crippen LogP contribution is 2.37. The average molecular weight is 487 g/mol. The van der Waals surface area contributed by atoms with Crippen LogP contribution in [0.15, 0.2) is 42.8 Å². The number of rotatable bonds is 5. The average Bonchev–Trinajstić information content (AvgIpc) is 3.18. The molecule has 1 aliphatic heterocycles. The third kappa shape index (κ3) is 4.43. The Balaban J connectivity index is 2.01. The lowest BCUT2D eigenvalue weighted by Gasteiger charge is -2.14. The van der Waals surface area contributed by atoms with Crippen LogP contribution in [0.2, 0.25) is 0 Å². The van der Waals surface area contributed by atoms with Crippen molar-refractivity contribution in [2.24, 2.45) is 0 Å². The molecular formula is C19H14F5N5O3S. The molecule has 0 amide bonds. The van der Waals surface area contributed by atoms with Gasteiger partial charge in [0.05, 0.1) is 24.0 Å². The third-order valence-corrected chi connectivity index (χ3v) is 5.64. The van der Waals surface area contributed by atoms with Gasteiger partial charge in [0, 0.05) is 37.1 Å². The summed E-state index contributed by atoms with van der Waals surface area (Å²) in [6.07, 6.45) is 3.68. The Labute approximate surface area is 183 Å². The van der Waals surface area contributed by atoms with Crippen molar-refractivity contribution in [2.75, 3.05) is 6.54 Å². The fourth-order valence-corrected chi connectivity index (χ4v) is 3.69. The number of halogens is 5. The molecule has 8 nitrogen and oxygen atoms in total. The van der Waals surface area contributed by atoms with E-state index in [1.807, 2.05) is 0 Å². The van der Waals surface area contributed by atoms with E-state index in [2.05, 4.69) is 24.6 Å². The fourth-order valence-electron chi connectivity index (χ4n) is 3.26. The van der Waals surface area contributed by atoms with Gasteiger partial charge in [-0.05, 0) is 23.6 Å². The summed E-state index contributed by atoms with van der Waals surface area (Å²) < 4.78 is 94.9. The van der Waals surface area contributed by atoms with E-state index in [4.69, 9.17) is 0 Å². The molecule has 33 heavy (non-hydrogen) atoms. The third-order valence-electron chi connectivity index (χ3n) is 4.70. The molecule has 4 heterocycles. The predicted octanol–water partition coefficient (Wildman–Crippen LogP) is 3.62. The number of fused-ring (bicyclic) bond motifs is 2. The minimum absolute atomic E-state index is 0.0168. The van der Waals surface area contributed by atoms with Crippen molar-refractivity contribution >= 4 is 27.0 Å². The lowest BCUT2D eigenvalue weighted by molar-refractivity contribution is -0.0500. The molecule has 0 saturated heterocycles. The van der Waals surface area contributed by atoms with Gasteiger partial charge in [-0.25, -0.2) is 13.8 Å². The molecular weight excluding hydrogens is 473 g/mol. The van der Waals surface area contributed by atoms with Gasteiger partial charge in [0.1, 0.15) is 17.2 Å². The summed E-state index contributed by atoms with van der Waals surface area (Å²) in [4.78, 5) is 7.72. The van der Waals surface area contributed by atoms with E-state index in [0.29, 0.717) is 25.7 Å². The summed E-state index contributed by atoms with van der Waals surface area (Å²) in [5.41, 5.74) is -5.00. The summed E-state index contributed by atoms with van der Waals surface area (Å²) in [5.74, 6) is -1.94. The smallest absolute Gasteiger partial charge is 0.354 e. The van der Waals surface area contributed by atoms with Crippen LogP contribution in [0.3, 0.4) is 0 Å². The highest BCUT2D eigenvalue weighted by Gasteiger charge is 2.49. The second-order valence-corrected chi connectivity index (χ2v) is 8.36. The summed E-state index contributed by atoms with van der Waals surface area (Å²) in [6, 6.07) is 2.88. The standard InChI is InChI=1S/C19H14F5N5O3S/c20-3-1-11(21)7-14-13-2-4-25-10-15(13)18(32-33(30,31)19(22,23)24)27-17(14)16-8-12-9-26-5-6-29(12)28-16/h1-4,7-8,10,26H,5-6,9H2/b3-1+,11-7?. The van der Waals surface area contributed by atoms with Crippen molar-refractivity contribution in [2.45, 2.75) is 18.6 Å². The van der Waals surface area contributed by atoms with Gasteiger partial charge in [-0.3, -0.25) is 9.67 Å². The Morgan fingerprint density at radius 3 is 2.76 bits per heavy atom. The number of hydrogen-bond donors (Lipinski definition) is 1. The number of aromatic nitrogens is 4. The zero-order valence-electron chi connectivity index (χ0n) is 16.5. The second kappa shape index (κ2) is 8.51. The normalized spacial score (nSPS) is 15.2. The first-order valence-electron chi connectivity index (χ1n) is 9.31. The van der Waals surface area contributed by atoms with Gasteiger partial charge >= 0.3 is 15.6 Å². The Bertz CT molecular complexity index is 1360. The van der Waals surface area contributed by atoms with Crippen LogP contribution in [-0.4, -0.2) is 40.2 Å². The maximum absolute atomic E-state index is 14.2. The highest BCUT2D eigenvalue weighted by molar-refractivity contribution is 7.88. The molecule has 0 aromatic carbocycles. The quantitative estimate of drug-likeness (QED) is 0.254. The molecule has 0 atom stereocenters. The largest absolute Gasteiger partial charge is 0.534 e. The van der Waals surface area contributed by atoms with Gasteiger partial charge in [0.2, 0.25) is 5.88 Å². The van der Waals surface area contributed by atoms with Crippen molar-refractivity contribution in [1.29, 1.82) is 0 Å². The molecule has 174 valence electrons. The van der Waals surface area contributed by atoms with Crippen molar-refractivity contribution in [1.82, 2.24) is 25.1 Å². The molecule has 0 unspecified atom stereocenters. The first-order chi connectivity index (χ1) is 15.6. The first-order valence-corrected chi connectivity index (χ1v) is 10.7. The monoisotopic (exact) mass is 487 g/mol. The second-order valence-electron chi connectivity index (χ2n) is 6.83. The Hall–Kier alpha value is -3.39. The van der Waals surface area contributed by atoms with E-state index >= 15 is 0 Å². The number of nitrogens with one attached hydrogen (secondary N) is 1. The number of allylic oxidation sites excluding steroid dienone is 2. The topological polar surface area (TPSA) is 99.0 Å². The summed E-state index contributed by atoms with van der Waals surface area (Å²) in [5, 5.41) is 7.30. The summed E-state index contributed by atoms with van der Waals surface area (Å²) >= 11 is 0. The maximum Gasteiger partial charge on any atom is 0.534 e. The Morgan fingerprint density at radius 1 is 1.27 bits per heavy atom. The molecule has 0 spiro atoms. The van der Waals surface area contributed by atoms with Gasteiger partial charge in [0.15, 0.2) is 0 Å². The summed E-state index contributed by atoms with van der Waals surface area (Å²) in [7, 11) is -6.06. The zero-order chi connectivity index (χ0) is 23.8.